The Balaban J connectivity index is 2.18. The van der Waals surface area contributed by atoms with Crippen LogP contribution in [-0.2, 0) is 16.8 Å². The third-order valence-electron chi connectivity index (χ3n) is 3.40. The van der Waals surface area contributed by atoms with Gasteiger partial charge in [-0.15, -0.1) is 0 Å². The van der Waals surface area contributed by atoms with E-state index in [4.69, 9.17) is 4.74 Å². The summed E-state index contributed by atoms with van der Waals surface area (Å²) >= 11 is 0. The Bertz CT molecular complexity index is 571. The van der Waals surface area contributed by atoms with Crippen LogP contribution in [0.2, 0.25) is 0 Å². The van der Waals surface area contributed by atoms with Gasteiger partial charge in [-0.05, 0) is 30.2 Å². The number of hydrogen-bond donors (Lipinski definition) is 1. The second kappa shape index (κ2) is 5.88. The molecule has 3 nitrogen and oxygen atoms in total. The van der Waals surface area contributed by atoms with E-state index in [0.717, 1.165) is 5.56 Å². The number of ketones is 1. The van der Waals surface area contributed by atoms with Crippen molar-refractivity contribution in [3.05, 3.63) is 65.7 Å². The average molecular weight is 270 g/mol. The van der Waals surface area contributed by atoms with Crippen LogP contribution in [0.3, 0.4) is 0 Å². The van der Waals surface area contributed by atoms with Gasteiger partial charge < -0.3 is 9.84 Å². The predicted octanol–water partition coefficient (Wildman–Crippen LogP) is 2.71. The number of Topliss-reactive ketones (excluding diaryl/α,β-unsaturated/α-hetero) is 1. The summed E-state index contributed by atoms with van der Waals surface area (Å²) in [5.41, 5.74) is -0.0345. The van der Waals surface area contributed by atoms with Crippen LogP contribution in [0.1, 0.15) is 18.1 Å². The lowest BCUT2D eigenvalue weighted by atomic mass is 9.88. The van der Waals surface area contributed by atoms with Gasteiger partial charge in [-0.3, -0.25) is 4.79 Å². The lowest BCUT2D eigenvalue weighted by Gasteiger charge is -2.22. The van der Waals surface area contributed by atoms with Crippen LogP contribution in [0, 0.1) is 0 Å². The molecule has 104 valence electrons. The van der Waals surface area contributed by atoms with Crippen molar-refractivity contribution in [1.82, 2.24) is 0 Å². The number of hydrogen-bond acceptors (Lipinski definition) is 3. The Hall–Kier alpha value is -2.13. The van der Waals surface area contributed by atoms with Crippen molar-refractivity contribution in [3.63, 3.8) is 0 Å². The number of carbonyl (C=O) groups excluding carboxylic acids is 1. The summed E-state index contributed by atoms with van der Waals surface area (Å²) in [5.74, 6) is 0.467. The second-order valence-electron chi connectivity index (χ2n) is 4.89. The molecule has 0 aromatic heterocycles. The summed E-state index contributed by atoms with van der Waals surface area (Å²) in [6.45, 7) is 1.53. The Labute approximate surface area is 118 Å². The summed E-state index contributed by atoms with van der Waals surface area (Å²) in [6, 6.07) is 16.3. The molecular weight excluding hydrogens is 252 g/mol. The first-order valence-electron chi connectivity index (χ1n) is 6.48. The van der Waals surface area contributed by atoms with E-state index in [-0.39, 0.29) is 12.2 Å². The Morgan fingerprint density at radius 2 is 1.70 bits per heavy atom. The normalized spacial score (nSPS) is 13.6. The van der Waals surface area contributed by atoms with Crippen LogP contribution in [0.15, 0.2) is 54.6 Å². The summed E-state index contributed by atoms with van der Waals surface area (Å²) in [4.78, 5) is 12.3. The molecule has 0 saturated heterocycles. The van der Waals surface area contributed by atoms with E-state index in [1.54, 1.807) is 31.4 Å². The molecule has 1 N–H and O–H groups in total. The maximum Gasteiger partial charge on any atom is 0.172 e. The van der Waals surface area contributed by atoms with E-state index < -0.39 is 5.60 Å². The van der Waals surface area contributed by atoms with Crippen molar-refractivity contribution in [3.8, 4) is 5.75 Å². The van der Waals surface area contributed by atoms with E-state index >= 15 is 0 Å². The van der Waals surface area contributed by atoms with Crippen LogP contribution in [0.5, 0.6) is 5.75 Å². The zero-order valence-corrected chi connectivity index (χ0v) is 11.7. The van der Waals surface area contributed by atoms with Gasteiger partial charge in [0.15, 0.2) is 5.78 Å². The minimum atomic E-state index is -1.50. The topological polar surface area (TPSA) is 46.5 Å². The number of aliphatic hydroxyl groups is 1. The first-order valence-corrected chi connectivity index (χ1v) is 6.48. The minimum Gasteiger partial charge on any atom is -0.497 e. The number of carbonyl (C=O) groups is 1. The van der Waals surface area contributed by atoms with Crippen molar-refractivity contribution >= 4 is 5.78 Å². The molecule has 0 radical (unpaired) electrons. The van der Waals surface area contributed by atoms with Gasteiger partial charge >= 0.3 is 0 Å². The minimum absolute atomic E-state index is 0.208. The molecule has 2 aromatic rings. The molecule has 0 aliphatic carbocycles. The van der Waals surface area contributed by atoms with Gasteiger partial charge in [0.2, 0.25) is 0 Å². The summed E-state index contributed by atoms with van der Waals surface area (Å²) < 4.78 is 5.07. The monoisotopic (exact) mass is 270 g/mol. The van der Waals surface area contributed by atoms with Gasteiger partial charge in [0.25, 0.3) is 0 Å². The second-order valence-corrected chi connectivity index (χ2v) is 4.89. The molecule has 2 aromatic carbocycles. The summed E-state index contributed by atoms with van der Waals surface area (Å²) in [5, 5.41) is 10.5. The van der Waals surface area contributed by atoms with Crippen LogP contribution in [0.25, 0.3) is 0 Å². The number of ether oxygens (including phenoxy) is 1. The molecule has 3 heteroatoms. The van der Waals surface area contributed by atoms with E-state index in [0.29, 0.717) is 11.3 Å². The molecule has 0 aliphatic heterocycles. The molecule has 2 rings (SSSR count). The van der Waals surface area contributed by atoms with Crippen molar-refractivity contribution in [1.29, 1.82) is 0 Å². The quantitative estimate of drug-likeness (QED) is 0.908. The smallest absolute Gasteiger partial charge is 0.172 e. The van der Waals surface area contributed by atoms with Crippen LogP contribution >= 0.6 is 0 Å². The van der Waals surface area contributed by atoms with E-state index in [1.807, 2.05) is 30.3 Å². The first-order chi connectivity index (χ1) is 9.54. The highest BCUT2D eigenvalue weighted by atomic mass is 16.5. The first kappa shape index (κ1) is 14.3. The van der Waals surface area contributed by atoms with Gasteiger partial charge in [-0.2, -0.15) is 0 Å². The highest BCUT2D eigenvalue weighted by molar-refractivity contribution is 5.89. The van der Waals surface area contributed by atoms with Crippen LogP contribution in [-0.4, -0.2) is 18.0 Å². The zero-order chi connectivity index (χ0) is 14.6. The molecule has 1 unspecified atom stereocenters. The third kappa shape index (κ3) is 3.06. The van der Waals surface area contributed by atoms with Gasteiger partial charge in [0.1, 0.15) is 11.4 Å². The number of benzene rings is 2. The molecule has 0 fully saturated rings. The fourth-order valence-corrected chi connectivity index (χ4v) is 2.03. The highest BCUT2D eigenvalue weighted by Gasteiger charge is 2.31. The lowest BCUT2D eigenvalue weighted by molar-refractivity contribution is -0.135. The maximum absolute atomic E-state index is 12.3. The number of rotatable bonds is 5. The van der Waals surface area contributed by atoms with Gasteiger partial charge in [-0.25, -0.2) is 0 Å². The van der Waals surface area contributed by atoms with Crippen molar-refractivity contribution in [2.75, 3.05) is 7.11 Å². The van der Waals surface area contributed by atoms with Gasteiger partial charge in [0.05, 0.1) is 7.11 Å². The summed E-state index contributed by atoms with van der Waals surface area (Å²) in [6.07, 6.45) is 0.208. The van der Waals surface area contributed by atoms with Crippen LogP contribution < -0.4 is 4.74 Å². The van der Waals surface area contributed by atoms with Crippen molar-refractivity contribution in [2.45, 2.75) is 18.9 Å². The Morgan fingerprint density at radius 1 is 1.10 bits per heavy atom. The molecule has 0 amide bonds. The fraction of sp³-hybridized carbons (Fsp3) is 0.235. The van der Waals surface area contributed by atoms with E-state index in [9.17, 15) is 9.90 Å². The van der Waals surface area contributed by atoms with Crippen molar-refractivity contribution in [2.24, 2.45) is 0 Å². The molecule has 1 atom stereocenters. The summed E-state index contributed by atoms with van der Waals surface area (Å²) in [7, 11) is 1.58. The lowest BCUT2D eigenvalue weighted by Crippen LogP contribution is -2.33. The average Bonchev–Trinajstić information content (AvgIpc) is 2.48. The van der Waals surface area contributed by atoms with E-state index in [1.165, 1.54) is 6.92 Å². The fourth-order valence-electron chi connectivity index (χ4n) is 2.03. The third-order valence-corrected chi connectivity index (χ3v) is 3.40. The molecule has 0 spiro atoms. The standard InChI is InChI=1S/C17H18O3/c1-17(19,14-8-10-15(20-2)11-9-14)16(18)12-13-6-4-3-5-7-13/h3-11,19H,12H2,1-2H3. The Morgan fingerprint density at radius 3 is 2.25 bits per heavy atom. The molecule has 0 saturated carbocycles. The van der Waals surface area contributed by atoms with E-state index in [2.05, 4.69) is 0 Å². The molecule has 0 heterocycles. The SMILES string of the molecule is COc1ccc(C(C)(O)C(=O)Cc2ccccc2)cc1. The Kier molecular flexibility index (Phi) is 4.20. The van der Waals surface area contributed by atoms with Crippen molar-refractivity contribution < 1.29 is 14.6 Å². The molecule has 20 heavy (non-hydrogen) atoms. The van der Waals surface area contributed by atoms with Crippen LogP contribution in [0.4, 0.5) is 0 Å². The predicted molar refractivity (Wildman–Crippen MR) is 77.7 cm³/mol. The maximum atomic E-state index is 12.3. The molecule has 0 bridgehead atoms. The highest BCUT2D eigenvalue weighted by Crippen LogP contribution is 2.25. The zero-order valence-electron chi connectivity index (χ0n) is 11.7. The van der Waals surface area contributed by atoms with Gasteiger partial charge in [0, 0.05) is 6.42 Å². The largest absolute Gasteiger partial charge is 0.497 e. The molecule has 0 aliphatic rings. The molecular formula is C17H18O3. The number of methoxy groups -OCH3 is 1. The van der Waals surface area contributed by atoms with Gasteiger partial charge in [-0.1, -0.05) is 42.5 Å².